The van der Waals surface area contributed by atoms with E-state index in [1.165, 1.54) is 25.7 Å². The Labute approximate surface area is 90.8 Å². The van der Waals surface area contributed by atoms with Gasteiger partial charge in [-0.25, -0.2) is 0 Å². The Morgan fingerprint density at radius 3 is 2.80 bits per heavy atom. The van der Waals surface area contributed by atoms with Crippen LogP contribution in [0.2, 0.25) is 0 Å². The molecule has 4 heteroatoms. The Morgan fingerprint density at radius 1 is 1.53 bits per heavy atom. The van der Waals surface area contributed by atoms with Crippen LogP contribution >= 0.6 is 0 Å². The van der Waals surface area contributed by atoms with Gasteiger partial charge in [-0.3, -0.25) is 4.68 Å². The molecule has 1 heterocycles. The van der Waals surface area contributed by atoms with Crippen molar-refractivity contribution >= 4 is 11.5 Å². The average molecular weight is 208 g/mol. The maximum Gasteiger partial charge on any atom is 0.147 e. The fourth-order valence-electron chi connectivity index (χ4n) is 1.89. The molecule has 4 nitrogen and oxygen atoms in total. The first-order valence-electron chi connectivity index (χ1n) is 5.71. The normalized spacial score (nSPS) is 15.6. The third-order valence-corrected chi connectivity index (χ3v) is 3.05. The van der Waals surface area contributed by atoms with E-state index in [0.29, 0.717) is 0 Å². The zero-order valence-corrected chi connectivity index (χ0v) is 9.58. The summed E-state index contributed by atoms with van der Waals surface area (Å²) in [5, 5.41) is 7.63. The molecule has 2 rings (SSSR count). The summed E-state index contributed by atoms with van der Waals surface area (Å²) >= 11 is 0. The number of nitrogens with one attached hydrogen (secondary N) is 1. The number of nitrogens with zero attached hydrogens (tertiary/aromatic N) is 2. The van der Waals surface area contributed by atoms with Crippen LogP contribution in [0.4, 0.5) is 11.5 Å². The molecule has 3 N–H and O–H groups in total. The van der Waals surface area contributed by atoms with Crippen LogP contribution in [-0.4, -0.2) is 16.3 Å². The molecular formula is C11H20N4. The van der Waals surface area contributed by atoms with Crippen molar-refractivity contribution in [2.45, 2.75) is 32.6 Å². The van der Waals surface area contributed by atoms with Crippen molar-refractivity contribution in [3.05, 3.63) is 5.69 Å². The van der Waals surface area contributed by atoms with Gasteiger partial charge in [-0.2, -0.15) is 5.10 Å². The second-order valence-electron chi connectivity index (χ2n) is 4.48. The number of anilines is 2. The summed E-state index contributed by atoms with van der Waals surface area (Å²) in [6.07, 6.45) is 5.46. The molecule has 0 aliphatic heterocycles. The fraction of sp³-hybridized carbons (Fsp3) is 0.727. The van der Waals surface area contributed by atoms with Gasteiger partial charge in [-0.15, -0.1) is 0 Å². The third-order valence-electron chi connectivity index (χ3n) is 3.05. The van der Waals surface area contributed by atoms with Crippen molar-refractivity contribution in [2.75, 3.05) is 17.6 Å². The molecule has 0 amide bonds. The van der Waals surface area contributed by atoms with Gasteiger partial charge < -0.3 is 11.1 Å². The molecule has 0 unspecified atom stereocenters. The largest absolute Gasteiger partial charge is 0.394 e. The first-order valence-corrected chi connectivity index (χ1v) is 5.71. The molecule has 15 heavy (non-hydrogen) atoms. The number of nitrogens with two attached hydrogens (primary N) is 1. The van der Waals surface area contributed by atoms with Crippen LogP contribution in [0, 0.1) is 12.8 Å². The summed E-state index contributed by atoms with van der Waals surface area (Å²) in [6.45, 7) is 2.93. The van der Waals surface area contributed by atoms with E-state index in [1.54, 1.807) is 0 Å². The van der Waals surface area contributed by atoms with Crippen molar-refractivity contribution < 1.29 is 0 Å². The van der Waals surface area contributed by atoms with E-state index in [1.807, 2.05) is 18.7 Å². The standard InChI is InChI=1S/C11H20N4/c1-8-10(12)11(15(2)14-8)13-7-3-4-9-5-6-9/h9,13H,3-7,12H2,1-2H3. The van der Waals surface area contributed by atoms with E-state index in [9.17, 15) is 0 Å². The van der Waals surface area contributed by atoms with Crippen LogP contribution in [0.1, 0.15) is 31.4 Å². The maximum absolute atomic E-state index is 5.91. The van der Waals surface area contributed by atoms with Crippen LogP contribution in [0.5, 0.6) is 0 Å². The minimum atomic E-state index is 0.781. The van der Waals surface area contributed by atoms with Crippen LogP contribution < -0.4 is 11.1 Å². The Balaban J connectivity index is 1.81. The number of rotatable bonds is 5. The number of aryl methyl sites for hydroxylation is 2. The molecule has 0 atom stereocenters. The van der Waals surface area contributed by atoms with Crippen molar-refractivity contribution in [3.63, 3.8) is 0 Å². The van der Waals surface area contributed by atoms with E-state index < -0.39 is 0 Å². The van der Waals surface area contributed by atoms with Crippen molar-refractivity contribution in [2.24, 2.45) is 13.0 Å². The lowest BCUT2D eigenvalue weighted by Crippen LogP contribution is -2.08. The van der Waals surface area contributed by atoms with Gasteiger partial charge in [0, 0.05) is 13.6 Å². The Morgan fingerprint density at radius 2 is 2.27 bits per heavy atom. The number of hydrogen-bond acceptors (Lipinski definition) is 3. The molecule has 0 aromatic carbocycles. The summed E-state index contributed by atoms with van der Waals surface area (Å²) in [5.41, 5.74) is 7.60. The summed E-state index contributed by atoms with van der Waals surface area (Å²) in [5.74, 6) is 1.97. The highest BCUT2D eigenvalue weighted by atomic mass is 15.3. The minimum Gasteiger partial charge on any atom is -0.394 e. The number of aromatic nitrogens is 2. The van der Waals surface area contributed by atoms with E-state index >= 15 is 0 Å². The van der Waals surface area contributed by atoms with E-state index in [0.717, 1.165) is 29.7 Å². The molecule has 0 spiro atoms. The van der Waals surface area contributed by atoms with E-state index in [2.05, 4.69) is 10.4 Å². The molecule has 84 valence electrons. The van der Waals surface area contributed by atoms with Crippen molar-refractivity contribution in [3.8, 4) is 0 Å². The highest BCUT2D eigenvalue weighted by Crippen LogP contribution is 2.33. The van der Waals surface area contributed by atoms with Gasteiger partial charge in [-0.1, -0.05) is 12.8 Å². The highest BCUT2D eigenvalue weighted by Gasteiger charge is 2.20. The summed E-state index contributed by atoms with van der Waals surface area (Å²) < 4.78 is 1.82. The zero-order chi connectivity index (χ0) is 10.8. The second kappa shape index (κ2) is 4.13. The van der Waals surface area contributed by atoms with Gasteiger partial charge in [0.25, 0.3) is 0 Å². The van der Waals surface area contributed by atoms with Crippen LogP contribution in [-0.2, 0) is 7.05 Å². The minimum absolute atomic E-state index is 0.781. The molecular weight excluding hydrogens is 188 g/mol. The highest BCUT2D eigenvalue weighted by molar-refractivity contribution is 5.64. The number of hydrogen-bond donors (Lipinski definition) is 2. The molecule has 0 bridgehead atoms. The smallest absolute Gasteiger partial charge is 0.147 e. The third kappa shape index (κ3) is 2.43. The Bertz CT molecular complexity index is 339. The molecule has 1 saturated carbocycles. The first kappa shape index (κ1) is 10.3. The van der Waals surface area contributed by atoms with Crippen LogP contribution in [0.25, 0.3) is 0 Å². The topological polar surface area (TPSA) is 55.9 Å². The predicted molar refractivity (Wildman–Crippen MR) is 62.8 cm³/mol. The van der Waals surface area contributed by atoms with Gasteiger partial charge in [0.2, 0.25) is 0 Å². The summed E-state index contributed by atoms with van der Waals surface area (Å²) in [4.78, 5) is 0. The van der Waals surface area contributed by atoms with Gasteiger partial charge in [0.1, 0.15) is 5.82 Å². The van der Waals surface area contributed by atoms with Gasteiger partial charge in [-0.05, 0) is 25.7 Å². The van der Waals surface area contributed by atoms with E-state index in [-0.39, 0.29) is 0 Å². The lowest BCUT2D eigenvalue weighted by Gasteiger charge is -2.07. The van der Waals surface area contributed by atoms with Gasteiger partial charge in [0.05, 0.1) is 11.4 Å². The second-order valence-corrected chi connectivity index (χ2v) is 4.48. The summed E-state index contributed by atoms with van der Waals surface area (Å²) in [7, 11) is 1.92. The summed E-state index contributed by atoms with van der Waals surface area (Å²) in [6, 6.07) is 0. The Kier molecular flexibility index (Phi) is 2.84. The molecule has 1 aliphatic carbocycles. The molecule has 0 saturated heterocycles. The molecule has 1 aliphatic rings. The van der Waals surface area contributed by atoms with Gasteiger partial charge in [0.15, 0.2) is 0 Å². The predicted octanol–water partition coefficient (Wildman–Crippen LogP) is 1.91. The first-order chi connectivity index (χ1) is 7.18. The Hall–Kier alpha value is -1.19. The molecule has 0 radical (unpaired) electrons. The van der Waals surface area contributed by atoms with Crippen molar-refractivity contribution in [1.29, 1.82) is 0 Å². The van der Waals surface area contributed by atoms with Gasteiger partial charge >= 0.3 is 0 Å². The lowest BCUT2D eigenvalue weighted by molar-refractivity contribution is 0.680. The molecule has 1 fully saturated rings. The quantitative estimate of drug-likeness (QED) is 0.727. The zero-order valence-electron chi connectivity index (χ0n) is 9.58. The molecule has 1 aromatic rings. The van der Waals surface area contributed by atoms with Crippen LogP contribution in [0.3, 0.4) is 0 Å². The number of nitrogen functional groups attached to an aromatic ring is 1. The molecule has 1 aromatic heterocycles. The maximum atomic E-state index is 5.91. The average Bonchev–Trinajstić information content (AvgIpc) is 2.96. The van der Waals surface area contributed by atoms with Crippen molar-refractivity contribution in [1.82, 2.24) is 9.78 Å². The monoisotopic (exact) mass is 208 g/mol. The van der Waals surface area contributed by atoms with Crippen LogP contribution in [0.15, 0.2) is 0 Å². The lowest BCUT2D eigenvalue weighted by atomic mass is 10.2. The SMILES string of the molecule is Cc1nn(C)c(NCCCC2CC2)c1N. The fourth-order valence-corrected chi connectivity index (χ4v) is 1.89. The van der Waals surface area contributed by atoms with E-state index in [4.69, 9.17) is 5.73 Å².